The normalized spacial score (nSPS) is 13.2. The minimum atomic E-state index is -0.207. The number of rotatable bonds is 6. The van der Waals surface area contributed by atoms with Crippen LogP contribution in [0.15, 0.2) is 24.3 Å². The van der Waals surface area contributed by atoms with E-state index in [1.54, 1.807) is 12.0 Å². The summed E-state index contributed by atoms with van der Waals surface area (Å²) in [5, 5.41) is 10.0. The van der Waals surface area contributed by atoms with Crippen molar-refractivity contribution in [2.24, 2.45) is 0 Å². The molecule has 26 heavy (non-hydrogen) atoms. The summed E-state index contributed by atoms with van der Waals surface area (Å²) in [7, 11) is 1.63. The summed E-state index contributed by atoms with van der Waals surface area (Å²) in [4.78, 5) is 26.2. The Bertz CT molecular complexity index is 783. The van der Waals surface area contributed by atoms with Crippen LogP contribution in [-0.4, -0.2) is 47.1 Å². The van der Waals surface area contributed by atoms with Gasteiger partial charge in [-0.05, 0) is 24.1 Å². The quantitative estimate of drug-likeness (QED) is 0.824. The van der Waals surface area contributed by atoms with Crippen LogP contribution in [0.3, 0.4) is 0 Å². The Morgan fingerprint density at radius 1 is 1.31 bits per heavy atom. The average molecular weight is 356 g/mol. The van der Waals surface area contributed by atoms with Crippen molar-refractivity contribution in [2.45, 2.75) is 32.7 Å². The molecular formula is C19H24N4O3. The maximum absolute atomic E-state index is 12.5. The molecule has 1 aliphatic heterocycles. The van der Waals surface area contributed by atoms with E-state index in [0.29, 0.717) is 38.2 Å². The van der Waals surface area contributed by atoms with Gasteiger partial charge in [-0.25, -0.2) is 0 Å². The number of nitrogens with one attached hydrogen (secondary N) is 2. The van der Waals surface area contributed by atoms with Crippen LogP contribution in [0.4, 0.5) is 0 Å². The van der Waals surface area contributed by atoms with Gasteiger partial charge in [-0.2, -0.15) is 5.10 Å². The van der Waals surface area contributed by atoms with Gasteiger partial charge < -0.3 is 15.0 Å². The molecule has 1 aromatic carbocycles. The Morgan fingerprint density at radius 2 is 2.08 bits per heavy atom. The van der Waals surface area contributed by atoms with E-state index in [0.717, 1.165) is 29.0 Å². The lowest BCUT2D eigenvalue weighted by Gasteiger charge is -2.26. The van der Waals surface area contributed by atoms with Crippen molar-refractivity contribution in [1.82, 2.24) is 20.4 Å². The Hall–Kier alpha value is -2.83. The number of nitrogens with zero attached hydrogens (tertiary/aromatic N) is 2. The Balaban J connectivity index is 1.59. The van der Waals surface area contributed by atoms with Crippen LogP contribution in [0.1, 0.15) is 40.7 Å². The first-order valence-corrected chi connectivity index (χ1v) is 8.87. The molecule has 0 atom stereocenters. The van der Waals surface area contributed by atoms with E-state index in [-0.39, 0.29) is 11.8 Å². The number of aromatic nitrogens is 2. The smallest absolute Gasteiger partial charge is 0.272 e. The van der Waals surface area contributed by atoms with E-state index in [1.807, 2.05) is 31.2 Å². The number of benzene rings is 1. The average Bonchev–Trinajstić information content (AvgIpc) is 3.11. The van der Waals surface area contributed by atoms with Gasteiger partial charge in [0.15, 0.2) is 5.69 Å². The molecule has 0 bridgehead atoms. The second-order valence-corrected chi connectivity index (χ2v) is 6.30. The standard InChI is InChI=1S/C19H24N4O3/c1-3-17(24)23-11-9-16-15(12-23)18(22-21-16)19(25)20-10-8-13-4-6-14(26-2)7-5-13/h4-7H,3,8-12H2,1-2H3,(H,20,25)(H,21,22). The Kier molecular flexibility index (Phi) is 5.55. The molecule has 7 nitrogen and oxygen atoms in total. The van der Waals surface area contributed by atoms with E-state index in [4.69, 9.17) is 4.74 Å². The van der Waals surface area contributed by atoms with Gasteiger partial charge in [0.25, 0.3) is 5.91 Å². The summed E-state index contributed by atoms with van der Waals surface area (Å²) in [5.41, 5.74) is 3.30. The second kappa shape index (κ2) is 8.03. The molecule has 7 heteroatoms. The van der Waals surface area contributed by atoms with Crippen LogP contribution >= 0.6 is 0 Å². The number of hydrogen-bond donors (Lipinski definition) is 2. The third kappa shape index (κ3) is 3.87. The summed E-state index contributed by atoms with van der Waals surface area (Å²) >= 11 is 0. The van der Waals surface area contributed by atoms with Gasteiger partial charge in [0.2, 0.25) is 5.91 Å². The van der Waals surface area contributed by atoms with Crippen LogP contribution in [0, 0.1) is 0 Å². The van der Waals surface area contributed by atoms with Gasteiger partial charge in [0, 0.05) is 43.7 Å². The van der Waals surface area contributed by atoms with Crippen molar-refractivity contribution in [2.75, 3.05) is 20.2 Å². The van der Waals surface area contributed by atoms with Crippen molar-refractivity contribution in [3.8, 4) is 5.75 Å². The molecule has 1 aliphatic rings. The number of aromatic amines is 1. The highest BCUT2D eigenvalue weighted by Gasteiger charge is 2.26. The van der Waals surface area contributed by atoms with Crippen LogP contribution in [0.2, 0.25) is 0 Å². The predicted molar refractivity (Wildman–Crippen MR) is 97.0 cm³/mol. The number of amides is 2. The molecule has 1 aromatic heterocycles. The van der Waals surface area contributed by atoms with Crippen molar-refractivity contribution in [1.29, 1.82) is 0 Å². The third-order valence-electron chi connectivity index (χ3n) is 4.66. The molecule has 2 aromatic rings. The summed E-state index contributed by atoms with van der Waals surface area (Å²) in [6.45, 7) is 3.48. The number of carbonyl (C=O) groups is 2. The summed E-state index contributed by atoms with van der Waals surface area (Å²) < 4.78 is 5.14. The monoisotopic (exact) mass is 356 g/mol. The van der Waals surface area contributed by atoms with Crippen LogP contribution in [-0.2, 0) is 24.2 Å². The highest BCUT2D eigenvalue weighted by atomic mass is 16.5. The van der Waals surface area contributed by atoms with E-state index < -0.39 is 0 Å². The van der Waals surface area contributed by atoms with E-state index >= 15 is 0 Å². The maximum Gasteiger partial charge on any atom is 0.272 e. The number of methoxy groups -OCH3 is 1. The van der Waals surface area contributed by atoms with E-state index in [1.165, 1.54) is 0 Å². The molecule has 0 fully saturated rings. The second-order valence-electron chi connectivity index (χ2n) is 6.30. The van der Waals surface area contributed by atoms with Crippen molar-refractivity contribution in [3.63, 3.8) is 0 Å². The first-order valence-electron chi connectivity index (χ1n) is 8.87. The fourth-order valence-corrected chi connectivity index (χ4v) is 3.12. The third-order valence-corrected chi connectivity index (χ3v) is 4.66. The highest BCUT2D eigenvalue weighted by Crippen LogP contribution is 2.21. The number of fused-ring (bicyclic) bond motifs is 1. The first kappa shape index (κ1) is 18.0. The molecule has 138 valence electrons. The fourth-order valence-electron chi connectivity index (χ4n) is 3.12. The largest absolute Gasteiger partial charge is 0.497 e. The molecule has 0 aliphatic carbocycles. The summed E-state index contributed by atoms with van der Waals surface area (Å²) in [6, 6.07) is 7.77. The Labute approximate surface area is 152 Å². The number of hydrogen-bond acceptors (Lipinski definition) is 4. The number of carbonyl (C=O) groups excluding carboxylic acids is 2. The lowest BCUT2D eigenvalue weighted by molar-refractivity contribution is -0.131. The zero-order valence-electron chi connectivity index (χ0n) is 15.2. The zero-order chi connectivity index (χ0) is 18.5. The molecule has 2 amide bonds. The number of ether oxygens (including phenoxy) is 1. The molecule has 0 saturated heterocycles. The lowest BCUT2D eigenvalue weighted by atomic mass is 10.0. The first-order chi connectivity index (χ1) is 12.6. The molecular weight excluding hydrogens is 332 g/mol. The van der Waals surface area contributed by atoms with Crippen LogP contribution in [0.25, 0.3) is 0 Å². The molecule has 2 N–H and O–H groups in total. The minimum Gasteiger partial charge on any atom is -0.497 e. The lowest BCUT2D eigenvalue weighted by Crippen LogP contribution is -2.36. The van der Waals surface area contributed by atoms with E-state index in [9.17, 15) is 9.59 Å². The van der Waals surface area contributed by atoms with Crippen LogP contribution in [0.5, 0.6) is 5.75 Å². The van der Waals surface area contributed by atoms with Gasteiger partial charge in [-0.3, -0.25) is 14.7 Å². The minimum absolute atomic E-state index is 0.0997. The SMILES string of the molecule is CCC(=O)N1CCc2[nH]nc(C(=O)NCCc3ccc(OC)cc3)c2C1. The fraction of sp³-hybridized carbons (Fsp3) is 0.421. The molecule has 0 spiro atoms. The molecule has 2 heterocycles. The maximum atomic E-state index is 12.5. The van der Waals surface area contributed by atoms with Crippen molar-refractivity contribution < 1.29 is 14.3 Å². The topological polar surface area (TPSA) is 87.3 Å². The van der Waals surface area contributed by atoms with E-state index in [2.05, 4.69) is 15.5 Å². The van der Waals surface area contributed by atoms with Gasteiger partial charge in [-0.15, -0.1) is 0 Å². The van der Waals surface area contributed by atoms with Crippen molar-refractivity contribution in [3.05, 3.63) is 46.8 Å². The summed E-state index contributed by atoms with van der Waals surface area (Å²) in [6.07, 6.45) is 1.90. The van der Waals surface area contributed by atoms with Crippen molar-refractivity contribution >= 4 is 11.8 Å². The molecule has 3 rings (SSSR count). The number of H-pyrrole nitrogens is 1. The highest BCUT2D eigenvalue weighted by molar-refractivity contribution is 5.94. The molecule has 0 unspecified atom stereocenters. The van der Waals surface area contributed by atoms with Crippen LogP contribution < -0.4 is 10.1 Å². The van der Waals surface area contributed by atoms with Gasteiger partial charge in [0.1, 0.15) is 5.75 Å². The summed E-state index contributed by atoms with van der Waals surface area (Å²) in [5.74, 6) is 0.705. The van der Waals surface area contributed by atoms with Gasteiger partial charge in [-0.1, -0.05) is 19.1 Å². The predicted octanol–water partition coefficient (Wildman–Crippen LogP) is 1.69. The van der Waals surface area contributed by atoms with Gasteiger partial charge in [0.05, 0.1) is 7.11 Å². The molecule has 0 saturated carbocycles. The molecule has 0 radical (unpaired) electrons. The van der Waals surface area contributed by atoms with Gasteiger partial charge >= 0.3 is 0 Å². The Morgan fingerprint density at radius 3 is 2.77 bits per heavy atom. The zero-order valence-corrected chi connectivity index (χ0v) is 15.2.